The van der Waals surface area contributed by atoms with Crippen molar-refractivity contribution >= 4 is 11.9 Å². The summed E-state index contributed by atoms with van der Waals surface area (Å²) >= 11 is 0. The maximum atomic E-state index is 12.0. The van der Waals surface area contributed by atoms with Crippen molar-refractivity contribution in [1.82, 2.24) is 25.5 Å². The minimum atomic E-state index is -0.590. The summed E-state index contributed by atoms with van der Waals surface area (Å²) in [6, 6.07) is 6.98. The lowest BCUT2D eigenvalue weighted by atomic mass is 9.80. The smallest absolute Gasteiger partial charge is 0.338 e. The molecule has 1 N–H and O–H groups in total. The Morgan fingerprint density at radius 2 is 2.04 bits per heavy atom. The van der Waals surface area contributed by atoms with Crippen LogP contribution in [0.15, 0.2) is 24.3 Å². The molecule has 0 spiro atoms. The van der Waals surface area contributed by atoms with E-state index in [1.54, 1.807) is 29.8 Å². The van der Waals surface area contributed by atoms with Gasteiger partial charge in [0.05, 0.1) is 17.9 Å². The zero-order chi connectivity index (χ0) is 18.6. The third-order valence-electron chi connectivity index (χ3n) is 4.62. The van der Waals surface area contributed by atoms with Crippen LogP contribution in [0.5, 0.6) is 0 Å². The third kappa shape index (κ3) is 3.58. The number of rotatable bonds is 5. The van der Waals surface area contributed by atoms with Gasteiger partial charge >= 0.3 is 5.97 Å². The number of amides is 1. The lowest BCUT2D eigenvalue weighted by Crippen LogP contribution is -2.48. The van der Waals surface area contributed by atoms with Gasteiger partial charge in [-0.3, -0.25) is 4.79 Å². The van der Waals surface area contributed by atoms with Gasteiger partial charge in [0.1, 0.15) is 5.54 Å². The molecule has 1 amide bonds. The molecule has 2 aromatic rings. The average molecular weight is 357 g/mol. The lowest BCUT2D eigenvalue weighted by molar-refractivity contribution is -0.121. The second-order valence-electron chi connectivity index (χ2n) is 6.51. The van der Waals surface area contributed by atoms with Crippen molar-refractivity contribution < 1.29 is 14.3 Å². The van der Waals surface area contributed by atoms with E-state index in [4.69, 9.17) is 4.74 Å². The predicted octanol–water partition coefficient (Wildman–Crippen LogP) is 2.13. The number of esters is 1. The van der Waals surface area contributed by atoms with Gasteiger partial charge in [0.15, 0.2) is 5.82 Å². The topological polar surface area (TPSA) is 99.0 Å². The predicted molar refractivity (Wildman–Crippen MR) is 93.7 cm³/mol. The number of nitrogens with one attached hydrogen (secondary N) is 1. The normalized spacial score (nSPS) is 16.1. The van der Waals surface area contributed by atoms with Gasteiger partial charge in [-0.15, -0.1) is 5.10 Å². The number of ether oxygens (including phenoxy) is 1. The minimum Gasteiger partial charge on any atom is -0.462 e. The monoisotopic (exact) mass is 357 g/mol. The number of hydrogen-bond donors (Lipinski definition) is 1. The SMILES string of the molecule is CCOC(=O)c1cccc(-n2nnnc2C2(NC(C)=O)CCCCC2)c1. The molecule has 1 saturated carbocycles. The highest BCUT2D eigenvalue weighted by Gasteiger charge is 2.40. The van der Waals surface area contributed by atoms with Crippen molar-refractivity contribution in [3.63, 3.8) is 0 Å². The zero-order valence-corrected chi connectivity index (χ0v) is 15.1. The Bertz CT molecular complexity index is 796. The van der Waals surface area contributed by atoms with Gasteiger partial charge in [-0.2, -0.15) is 4.68 Å². The lowest BCUT2D eigenvalue weighted by Gasteiger charge is -2.36. The van der Waals surface area contributed by atoms with Crippen molar-refractivity contribution in [2.75, 3.05) is 6.61 Å². The molecule has 1 aliphatic carbocycles. The van der Waals surface area contributed by atoms with Crippen LogP contribution in [-0.2, 0) is 15.1 Å². The van der Waals surface area contributed by atoms with Gasteiger partial charge in [-0.05, 0) is 48.4 Å². The number of aromatic nitrogens is 4. The van der Waals surface area contributed by atoms with Gasteiger partial charge < -0.3 is 10.1 Å². The van der Waals surface area contributed by atoms with Crippen molar-refractivity contribution in [1.29, 1.82) is 0 Å². The number of nitrogens with zero attached hydrogens (tertiary/aromatic N) is 4. The van der Waals surface area contributed by atoms with E-state index in [1.165, 1.54) is 6.92 Å². The van der Waals surface area contributed by atoms with Crippen molar-refractivity contribution in [3.05, 3.63) is 35.7 Å². The zero-order valence-electron chi connectivity index (χ0n) is 15.1. The largest absolute Gasteiger partial charge is 0.462 e. The molecule has 0 saturated heterocycles. The van der Waals surface area contributed by atoms with E-state index in [9.17, 15) is 9.59 Å². The minimum absolute atomic E-state index is 0.110. The molecule has 0 aliphatic heterocycles. The molecule has 1 fully saturated rings. The van der Waals surface area contributed by atoms with E-state index in [2.05, 4.69) is 20.8 Å². The van der Waals surface area contributed by atoms with Crippen LogP contribution in [0.3, 0.4) is 0 Å². The molecule has 138 valence electrons. The molecular weight excluding hydrogens is 334 g/mol. The van der Waals surface area contributed by atoms with E-state index in [1.807, 2.05) is 6.07 Å². The van der Waals surface area contributed by atoms with Crippen LogP contribution >= 0.6 is 0 Å². The fraction of sp³-hybridized carbons (Fsp3) is 0.500. The summed E-state index contributed by atoms with van der Waals surface area (Å²) in [4.78, 5) is 23.8. The first-order chi connectivity index (χ1) is 12.6. The molecule has 0 radical (unpaired) electrons. The Morgan fingerprint density at radius 1 is 1.27 bits per heavy atom. The highest BCUT2D eigenvalue weighted by atomic mass is 16.5. The van der Waals surface area contributed by atoms with Crippen molar-refractivity contribution in [2.45, 2.75) is 51.5 Å². The number of carbonyl (C=O) groups is 2. The first-order valence-electron chi connectivity index (χ1n) is 8.91. The molecule has 1 heterocycles. The van der Waals surface area contributed by atoms with E-state index >= 15 is 0 Å². The number of tetrazole rings is 1. The molecule has 1 aromatic heterocycles. The molecule has 1 aliphatic rings. The molecule has 0 unspecified atom stereocenters. The third-order valence-corrected chi connectivity index (χ3v) is 4.62. The number of carbonyl (C=O) groups excluding carboxylic acids is 2. The van der Waals surface area contributed by atoms with Gasteiger partial charge in [0.25, 0.3) is 0 Å². The van der Waals surface area contributed by atoms with Gasteiger partial charge in [0, 0.05) is 6.92 Å². The Hall–Kier alpha value is -2.77. The highest BCUT2D eigenvalue weighted by Crippen LogP contribution is 2.36. The van der Waals surface area contributed by atoms with Gasteiger partial charge in [0.2, 0.25) is 5.91 Å². The maximum absolute atomic E-state index is 12.0. The van der Waals surface area contributed by atoms with E-state index in [-0.39, 0.29) is 5.91 Å². The standard InChI is InChI=1S/C18H23N5O3/c1-3-26-16(25)14-8-7-9-15(12-14)23-17(20-21-22-23)18(19-13(2)24)10-5-4-6-11-18/h7-9,12H,3-6,10-11H2,1-2H3,(H,19,24). The summed E-state index contributed by atoms with van der Waals surface area (Å²) in [5, 5.41) is 15.2. The Labute approximate surface area is 151 Å². The number of benzene rings is 1. The van der Waals surface area contributed by atoms with Gasteiger partial charge in [-0.1, -0.05) is 25.3 Å². The van der Waals surface area contributed by atoms with Crippen LogP contribution in [0.4, 0.5) is 0 Å². The van der Waals surface area contributed by atoms with Crippen LogP contribution in [-0.4, -0.2) is 38.7 Å². The van der Waals surface area contributed by atoms with Gasteiger partial charge in [-0.25, -0.2) is 4.79 Å². The molecule has 8 nitrogen and oxygen atoms in total. The Morgan fingerprint density at radius 3 is 2.73 bits per heavy atom. The summed E-state index contributed by atoms with van der Waals surface area (Å²) in [6.07, 6.45) is 4.68. The summed E-state index contributed by atoms with van der Waals surface area (Å²) in [6.45, 7) is 3.58. The fourth-order valence-electron chi connectivity index (χ4n) is 3.54. The summed E-state index contributed by atoms with van der Waals surface area (Å²) in [5.41, 5.74) is 0.502. The molecule has 26 heavy (non-hydrogen) atoms. The summed E-state index contributed by atoms with van der Waals surface area (Å²) in [5.74, 6) is 0.0911. The molecule has 3 rings (SSSR count). The summed E-state index contributed by atoms with van der Waals surface area (Å²) in [7, 11) is 0. The summed E-state index contributed by atoms with van der Waals surface area (Å²) < 4.78 is 6.66. The quantitative estimate of drug-likeness (QED) is 0.823. The Balaban J connectivity index is 2.01. The van der Waals surface area contributed by atoms with Crippen molar-refractivity contribution in [3.8, 4) is 5.69 Å². The molecule has 1 aromatic carbocycles. The van der Waals surface area contributed by atoms with Crippen LogP contribution in [0.1, 0.15) is 62.1 Å². The Kier molecular flexibility index (Phi) is 5.29. The van der Waals surface area contributed by atoms with Crippen LogP contribution in [0.25, 0.3) is 5.69 Å². The average Bonchev–Trinajstić information content (AvgIpc) is 3.13. The molecule has 8 heteroatoms. The van der Waals surface area contributed by atoms with E-state index in [0.717, 1.165) is 32.1 Å². The molecule has 0 atom stereocenters. The van der Waals surface area contributed by atoms with Crippen LogP contribution in [0, 0.1) is 0 Å². The first kappa shape index (κ1) is 18.0. The van der Waals surface area contributed by atoms with E-state index < -0.39 is 11.5 Å². The fourth-order valence-corrected chi connectivity index (χ4v) is 3.54. The van der Waals surface area contributed by atoms with Crippen LogP contribution < -0.4 is 5.32 Å². The molecular formula is C18H23N5O3. The van der Waals surface area contributed by atoms with E-state index in [0.29, 0.717) is 23.7 Å². The second kappa shape index (κ2) is 7.63. The number of hydrogen-bond acceptors (Lipinski definition) is 6. The highest BCUT2D eigenvalue weighted by molar-refractivity contribution is 5.90. The second-order valence-corrected chi connectivity index (χ2v) is 6.51. The molecule has 0 bridgehead atoms. The van der Waals surface area contributed by atoms with Crippen LogP contribution in [0.2, 0.25) is 0 Å². The van der Waals surface area contributed by atoms with Crippen molar-refractivity contribution in [2.24, 2.45) is 0 Å². The first-order valence-corrected chi connectivity index (χ1v) is 8.91. The maximum Gasteiger partial charge on any atom is 0.338 e.